The van der Waals surface area contributed by atoms with Crippen molar-refractivity contribution in [1.82, 2.24) is 19.1 Å². The summed E-state index contributed by atoms with van der Waals surface area (Å²) in [6, 6.07) is 23.5. The maximum absolute atomic E-state index is 13.5. The molecule has 0 amide bonds. The highest BCUT2D eigenvalue weighted by molar-refractivity contribution is 6.01. The summed E-state index contributed by atoms with van der Waals surface area (Å²) < 4.78 is 3.56. The van der Waals surface area contributed by atoms with Crippen LogP contribution in [0, 0.1) is 0 Å². The summed E-state index contributed by atoms with van der Waals surface area (Å²) >= 11 is 0. The molecule has 140 valence electrons. The molecule has 0 N–H and O–H groups in total. The van der Waals surface area contributed by atoms with Gasteiger partial charge in [0.15, 0.2) is 0 Å². The maximum atomic E-state index is 13.5. The molecule has 0 atom stereocenters. The third-order valence-electron chi connectivity index (χ3n) is 4.92. The van der Waals surface area contributed by atoms with Crippen molar-refractivity contribution < 1.29 is 0 Å². The Morgan fingerprint density at radius 3 is 2.41 bits per heavy atom. The van der Waals surface area contributed by atoms with Crippen LogP contribution in [0.4, 0.5) is 0 Å². The Hall–Kier alpha value is -3.99. The fourth-order valence-electron chi connectivity index (χ4n) is 3.59. The average molecular weight is 378 g/mol. The second-order valence-corrected chi connectivity index (χ2v) is 6.76. The molecule has 5 rings (SSSR count). The van der Waals surface area contributed by atoms with E-state index in [1.54, 1.807) is 17.1 Å². The van der Waals surface area contributed by atoms with Gasteiger partial charge in [0.25, 0.3) is 5.56 Å². The summed E-state index contributed by atoms with van der Waals surface area (Å²) in [5, 5.41) is 0.858. The summed E-state index contributed by atoms with van der Waals surface area (Å²) in [5.74, 6) is 0. The minimum atomic E-state index is -0.122. The van der Waals surface area contributed by atoms with Gasteiger partial charge in [0, 0.05) is 18.1 Å². The largest absolute Gasteiger partial charge is 0.322 e. The number of hydrogen-bond donors (Lipinski definition) is 0. The van der Waals surface area contributed by atoms with Gasteiger partial charge in [-0.3, -0.25) is 9.36 Å². The molecule has 5 nitrogen and oxygen atoms in total. The summed E-state index contributed by atoms with van der Waals surface area (Å²) in [6.07, 6.45) is 7.51. The highest BCUT2D eigenvalue weighted by Gasteiger charge is 2.17. The number of para-hydroxylation sites is 1. The summed E-state index contributed by atoms with van der Waals surface area (Å²) in [6.45, 7) is 0.557. The van der Waals surface area contributed by atoms with Crippen LogP contribution >= 0.6 is 0 Å². The molecule has 0 spiro atoms. The Labute approximate surface area is 167 Å². The van der Waals surface area contributed by atoms with Gasteiger partial charge in [-0.25, -0.2) is 9.97 Å². The van der Waals surface area contributed by atoms with Crippen molar-refractivity contribution >= 4 is 28.1 Å². The maximum Gasteiger partial charge on any atom is 0.282 e. The summed E-state index contributed by atoms with van der Waals surface area (Å²) in [4.78, 5) is 22.5. The Bertz CT molecular complexity index is 1380. The highest BCUT2D eigenvalue weighted by atomic mass is 16.1. The lowest BCUT2D eigenvalue weighted by molar-refractivity contribution is 0.842. The Balaban J connectivity index is 1.69. The summed E-state index contributed by atoms with van der Waals surface area (Å²) in [5.41, 5.74) is 3.65. The van der Waals surface area contributed by atoms with E-state index in [9.17, 15) is 4.79 Å². The van der Waals surface area contributed by atoms with E-state index in [4.69, 9.17) is 0 Å². The molecule has 0 aliphatic rings. The smallest absolute Gasteiger partial charge is 0.282 e. The van der Waals surface area contributed by atoms with Gasteiger partial charge in [-0.2, -0.15) is 0 Å². The fourth-order valence-corrected chi connectivity index (χ4v) is 3.59. The van der Waals surface area contributed by atoms with E-state index in [1.807, 2.05) is 89.5 Å². The number of fused-ring (bicyclic) bond motifs is 3. The van der Waals surface area contributed by atoms with Crippen molar-refractivity contribution in [2.45, 2.75) is 6.54 Å². The zero-order chi connectivity index (χ0) is 19.6. The number of nitrogens with zero attached hydrogens (tertiary/aromatic N) is 4. The van der Waals surface area contributed by atoms with E-state index in [2.05, 4.69) is 9.97 Å². The number of hydrogen-bond acceptors (Lipinski definition) is 3. The SMILES string of the molecule is O=c1c2c(ncn2CC=Cc2ccccc2)c2cccnc2n1-c1ccccc1. The standard InChI is InChI=1S/C24H18N4O/c29-24-22-21(26-17-27(22)16-8-11-18-9-3-1-4-10-18)20-14-7-15-25-23(20)28(24)19-12-5-2-6-13-19/h1-15,17H,16H2. The van der Waals surface area contributed by atoms with Crippen molar-refractivity contribution in [2.75, 3.05) is 0 Å². The van der Waals surface area contributed by atoms with Crippen LogP contribution in [0.2, 0.25) is 0 Å². The molecular formula is C24H18N4O. The van der Waals surface area contributed by atoms with Gasteiger partial charge in [0.2, 0.25) is 0 Å². The number of imidazole rings is 1. The first-order valence-corrected chi connectivity index (χ1v) is 9.44. The molecule has 5 aromatic rings. The first kappa shape index (κ1) is 17.1. The lowest BCUT2D eigenvalue weighted by Gasteiger charge is -2.11. The molecule has 5 heteroatoms. The molecule has 0 aliphatic heterocycles. The molecule has 3 heterocycles. The zero-order valence-electron chi connectivity index (χ0n) is 15.6. The Kier molecular flexibility index (Phi) is 4.26. The van der Waals surface area contributed by atoms with Crippen molar-refractivity contribution in [3.05, 3.63) is 107 Å². The van der Waals surface area contributed by atoms with Crippen LogP contribution in [0.1, 0.15) is 5.56 Å². The Morgan fingerprint density at radius 1 is 0.862 bits per heavy atom. The van der Waals surface area contributed by atoms with Crippen molar-refractivity contribution in [3.63, 3.8) is 0 Å². The van der Waals surface area contributed by atoms with Crippen molar-refractivity contribution in [1.29, 1.82) is 0 Å². The van der Waals surface area contributed by atoms with Crippen LogP contribution in [0.3, 0.4) is 0 Å². The van der Waals surface area contributed by atoms with E-state index in [-0.39, 0.29) is 5.56 Å². The number of benzene rings is 2. The van der Waals surface area contributed by atoms with Crippen molar-refractivity contribution in [2.24, 2.45) is 0 Å². The minimum absolute atomic E-state index is 0.122. The van der Waals surface area contributed by atoms with Gasteiger partial charge in [0.1, 0.15) is 16.7 Å². The number of pyridine rings is 2. The average Bonchev–Trinajstić information content (AvgIpc) is 3.20. The van der Waals surface area contributed by atoms with Crippen LogP contribution in [0.5, 0.6) is 0 Å². The second-order valence-electron chi connectivity index (χ2n) is 6.76. The lowest BCUT2D eigenvalue weighted by atomic mass is 10.2. The normalized spacial score (nSPS) is 11.6. The third-order valence-corrected chi connectivity index (χ3v) is 4.92. The number of allylic oxidation sites excluding steroid dienone is 1. The van der Waals surface area contributed by atoms with E-state index in [0.717, 1.165) is 16.6 Å². The van der Waals surface area contributed by atoms with Crippen LogP contribution in [-0.4, -0.2) is 19.1 Å². The van der Waals surface area contributed by atoms with Gasteiger partial charge in [-0.05, 0) is 29.8 Å². The molecular weight excluding hydrogens is 360 g/mol. The van der Waals surface area contributed by atoms with Gasteiger partial charge in [-0.1, -0.05) is 60.7 Å². The van der Waals surface area contributed by atoms with Gasteiger partial charge >= 0.3 is 0 Å². The molecule has 29 heavy (non-hydrogen) atoms. The number of aromatic nitrogens is 4. The topological polar surface area (TPSA) is 52.7 Å². The quantitative estimate of drug-likeness (QED) is 0.464. The number of rotatable bonds is 4. The molecule has 3 aromatic heterocycles. The molecule has 0 fully saturated rings. The minimum Gasteiger partial charge on any atom is -0.322 e. The third kappa shape index (κ3) is 3.02. The van der Waals surface area contributed by atoms with E-state index >= 15 is 0 Å². The molecule has 0 saturated heterocycles. The predicted octanol–water partition coefficient (Wildman–Crippen LogP) is 4.45. The molecule has 2 aromatic carbocycles. The first-order valence-electron chi connectivity index (χ1n) is 9.44. The van der Waals surface area contributed by atoms with Crippen LogP contribution < -0.4 is 5.56 Å². The van der Waals surface area contributed by atoms with Crippen molar-refractivity contribution in [3.8, 4) is 5.69 Å². The molecule has 0 bridgehead atoms. The first-order chi connectivity index (χ1) is 14.3. The van der Waals surface area contributed by atoms with Gasteiger partial charge in [-0.15, -0.1) is 0 Å². The molecule has 0 saturated carbocycles. The summed E-state index contributed by atoms with van der Waals surface area (Å²) in [7, 11) is 0. The second kappa shape index (κ2) is 7.20. The van der Waals surface area contributed by atoms with Gasteiger partial charge < -0.3 is 4.57 Å². The van der Waals surface area contributed by atoms with Gasteiger partial charge in [0.05, 0.1) is 12.0 Å². The van der Waals surface area contributed by atoms with Crippen LogP contribution in [0.25, 0.3) is 33.8 Å². The monoisotopic (exact) mass is 378 g/mol. The van der Waals surface area contributed by atoms with Crippen LogP contribution in [-0.2, 0) is 6.54 Å². The molecule has 0 unspecified atom stereocenters. The van der Waals surface area contributed by atoms with E-state index in [1.165, 1.54) is 0 Å². The van der Waals surface area contributed by atoms with E-state index < -0.39 is 0 Å². The van der Waals surface area contributed by atoms with Crippen LogP contribution in [0.15, 0.2) is 96.2 Å². The molecule has 0 aliphatic carbocycles. The zero-order valence-corrected chi connectivity index (χ0v) is 15.6. The van der Waals surface area contributed by atoms with E-state index in [0.29, 0.717) is 23.2 Å². The highest BCUT2D eigenvalue weighted by Crippen LogP contribution is 2.22. The molecule has 0 radical (unpaired) electrons. The lowest BCUT2D eigenvalue weighted by Crippen LogP contribution is -2.21. The fraction of sp³-hybridized carbons (Fsp3) is 0.0417. The predicted molar refractivity (Wildman–Crippen MR) is 116 cm³/mol. The Morgan fingerprint density at radius 2 is 1.62 bits per heavy atom.